The summed E-state index contributed by atoms with van der Waals surface area (Å²) in [6, 6.07) is -0.353. The van der Waals surface area contributed by atoms with Crippen LogP contribution in [0, 0.1) is 5.92 Å². The lowest BCUT2D eigenvalue weighted by Crippen LogP contribution is -2.55. The lowest BCUT2D eigenvalue weighted by Gasteiger charge is -2.41. The maximum atomic E-state index is 12.0. The van der Waals surface area contributed by atoms with E-state index in [9.17, 15) is 14.4 Å². The van der Waals surface area contributed by atoms with E-state index in [0.717, 1.165) is 6.42 Å². The molecule has 2 heterocycles. The Balaban J connectivity index is 1.87. The number of carbonyl (C=O) groups is 3. The maximum Gasteiger partial charge on any atom is 0.303 e. The molecule has 2 aliphatic heterocycles. The molecule has 1 atom stereocenters. The van der Waals surface area contributed by atoms with E-state index >= 15 is 0 Å². The fraction of sp³-hybridized carbons (Fsp3) is 0.750. The number of carboxylic acid groups (broad SMARTS) is 1. The maximum absolute atomic E-state index is 12.0. The van der Waals surface area contributed by atoms with Crippen LogP contribution in [0.15, 0.2) is 0 Å². The second-order valence-electron chi connectivity index (χ2n) is 5.02. The highest BCUT2D eigenvalue weighted by molar-refractivity contribution is 6.05. The molecule has 18 heavy (non-hydrogen) atoms. The second-order valence-corrected chi connectivity index (χ2v) is 5.02. The number of aliphatic carboxylic acids is 1. The Morgan fingerprint density at radius 2 is 2.06 bits per heavy atom. The average Bonchev–Trinajstić information content (AvgIpc) is 2.51. The van der Waals surface area contributed by atoms with Crippen LogP contribution in [0.2, 0.25) is 0 Å². The Morgan fingerprint density at radius 3 is 2.61 bits per heavy atom. The zero-order valence-electron chi connectivity index (χ0n) is 10.5. The quantitative estimate of drug-likeness (QED) is 0.695. The molecule has 2 saturated heterocycles. The highest BCUT2D eigenvalue weighted by Gasteiger charge is 2.45. The van der Waals surface area contributed by atoms with Crippen molar-refractivity contribution in [3.63, 3.8) is 0 Å². The van der Waals surface area contributed by atoms with Gasteiger partial charge in [-0.3, -0.25) is 24.2 Å². The zero-order valence-corrected chi connectivity index (χ0v) is 10.5. The third-order valence-electron chi connectivity index (χ3n) is 3.56. The minimum Gasteiger partial charge on any atom is -0.481 e. The van der Waals surface area contributed by atoms with Gasteiger partial charge in [-0.15, -0.1) is 0 Å². The summed E-state index contributed by atoms with van der Waals surface area (Å²) < 4.78 is 0. The molecule has 1 N–H and O–H groups in total. The Labute approximate surface area is 106 Å². The average molecular weight is 254 g/mol. The number of imide groups is 1. The molecule has 6 nitrogen and oxygen atoms in total. The van der Waals surface area contributed by atoms with Crippen molar-refractivity contribution in [2.75, 3.05) is 19.6 Å². The van der Waals surface area contributed by atoms with Crippen molar-refractivity contribution in [3.8, 4) is 0 Å². The van der Waals surface area contributed by atoms with Gasteiger partial charge in [-0.05, 0) is 12.3 Å². The Hall–Kier alpha value is -1.43. The number of hydrogen-bond donors (Lipinski definition) is 1. The van der Waals surface area contributed by atoms with E-state index < -0.39 is 5.97 Å². The standard InChI is InChI=1S/C12H18N2O4/c1-2-3-14-10(15)5-9(12(14)18)13-6-8(7-13)4-11(16)17/h8-9H,2-7H2,1H3,(H,16,17). The number of likely N-dealkylation sites (tertiary alicyclic amines) is 2. The molecule has 0 aromatic heterocycles. The third kappa shape index (κ3) is 2.38. The van der Waals surface area contributed by atoms with E-state index in [4.69, 9.17) is 5.11 Å². The van der Waals surface area contributed by atoms with Crippen LogP contribution in [-0.4, -0.2) is 58.4 Å². The molecule has 0 aromatic rings. The predicted molar refractivity (Wildman–Crippen MR) is 62.7 cm³/mol. The minimum absolute atomic E-state index is 0.103. The molecule has 2 aliphatic rings. The minimum atomic E-state index is -0.805. The fourth-order valence-electron chi connectivity index (χ4n) is 2.65. The van der Waals surface area contributed by atoms with Gasteiger partial charge in [-0.2, -0.15) is 0 Å². The Bertz CT molecular complexity index is 376. The summed E-state index contributed by atoms with van der Waals surface area (Å²) >= 11 is 0. The molecular weight excluding hydrogens is 236 g/mol. The summed E-state index contributed by atoms with van der Waals surface area (Å²) in [4.78, 5) is 37.5. The van der Waals surface area contributed by atoms with Crippen LogP contribution in [-0.2, 0) is 14.4 Å². The van der Waals surface area contributed by atoms with Crippen LogP contribution in [0.4, 0.5) is 0 Å². The van der Waals surface area contributed by atoms with E-state index in [0.29, 0.717) is 19.6 Å². The first-order chi connectivity index (χ1) is 8.52. The molecule has 6 heteroatoms. The molecule has 0 spiro atoms. The van der Waals surface area contributed by atoms with Gasteiger partial charge in [0.2, 0.25) is 11.8 Å². The SMILES string of the molecule is CCCN1C(=O)CC(N2CC(CC(=O)O)C2)C1=O. The fourth-order valence-corrected chi connectivity index (χ4v) is 2.65. The molecule has 0 aliphatic carbocycles. The monoisotopic (exact) mass is 254 g/mol. The molecule has 2 amide bonds. The van der Waals surface area contributed by atoms with Gasteiger partial charge in [0.25, 0.3) is 0 Å². The number of nitrogens with zero attached hydrogens (tertiary/aromatic N) is 2. The molecule has 1 unspecified atom stereocenters. The number of carbonyl (C=O) groups excluding carboxylic acids is 2. The lowest BCUT2D eigenvalue weighted by molar-refractivity contribution is -0.141. The van der Waals surface area contributed by atoms with Gasteiger partial charge in [-0.25, -0.2) is 0 Å². The Kier molecular flexibility index (Phi) is 3.65. The van der Waals surface area contributed by atoms with Crippen molar-refractivity contribution in [3.05, 3.63) is 0 Å². The summed E-state index contributed by atoms with van der Waals surface area (Å²) in [6.45, 7) is 3.63. The zero-order chi connectivity index (χ0) is 13.3. The second kappa shape index (κ2) is 5.06. The molecule has 2 fully saturated rings. The summed E-state index contributed by atoms with van der Waals surface area (Å²) in [5.41, 5.74) is 0. The first kappa shape index (κ1) is 13.0. The number of rotatable bonds is 5. The lowest BCUT2D eigenvalue weighted by atomic mass is 9.94. The van der Waals surface area contributed by atoms with Crippen LogP contribution < -0.4 is 0 Å². The third-order valence-corrected chi connectivity index (χ3v) is 3.56. The van der Waals surface area contributed by atoms with Crippen molar-refractivity contribution < 1.29 is 19.5 Å². The molecule has 0 bridgehead atoms. The van der Waals surface area contributed by atoms with Gasteiger partial charge in [0.1, 0.15) is 0 Å². The largest absolute Gasteiger partial charge is 0.481 e. The molecule has 0 saturated carbocycles. The van der Waals surface area contributed by atoms with Crippen molar-refractivity contribution in [2.45, 2.75) is 32.2 Å². The van der Waals surface area contributed by atoms with E-state index in [-0.39, 0.29) is 36.6 Å². The summed E-state index contributed by atoms with van der Waals surface area (Å²) in [7, 11) is 0. The highest BCUT2D eigenvalue weighted by Crippen LogP contribution is 2.27. The van der Waals surface area contributed by atoms with Crippen molar-refractivity contribution in [1.82, 2.24) is 9.80 Å². The van der Waals surface area contributed by atoms with Gasteiger partial charge in [0.05, 0.1) is 18.9 Å². The molecule has 2 rings (SSSR count). The van der Waals surface area contributed by atoms with E-state index in [1.54, 1.807) is 0 Å². The van der Waals surface area contributed by atoms with Crippen LogP contribution >= 0.6 is 0 Å². The topological polar surface area (TPSA) is 77.9 Å². The summed E-state index contributed by atoms with van der Waals surface area (Å²) in [5.74, 6) is -0.907. The van der Waals surface area contributed by atoms with E-state index in [1.807, 2.05) is 11.8 Å². The van der Waals surface area contributed by atoms with Gasteiger partial charge in [-0.1, -0.05) is 6.92 Å². The van der Waals surface area contributed by atoms with E-state index in [1.165, 1.54) is 4.90 Å². The van der Waals surface area contributed by atoms with Crippen LogP contribution in [0.3, 0.4) is 0 Å². The van der Waals surface area contributed by atoms with Gasteiger partial charge in [0, 0.05) is 19.6 Å². The first-order valence-electron chi connectivity index (χ1n) is 6.33. The summed E-state index contributed by atoms with van der Waals surface area (Å²) in [5, 5.41) is 8.66. The molecule has 0 radical (unpaired) electrons. The van der Waals surface area contributed by atoms with Crippen LogP contribution in [0.1, 0.15) is 26.2 Å². The summed E-state index contributed by atoms with van der Waals surface area (Å²) in [6.07, 6.45) is 1.16. The normalized spacial score (nSPS) is 25.6. The van der Waals surface area contributed by atoms with Crippen LogP contribution in [0.5, 0.6) is 0 Å². The van der Waals surface area contributed by atoms with Crippen molar-refractivity contribution >= 4 is 17.8 Å². The molecule has 100 valence electrons. The van der Waals surface area contributed by atoms with Crippen LogP contribution in [0.25, 0.3) is 0 Å². The predicted octanol–water partition coefficient (Wildman–Crippen LogP) is -0.0696. The molecule has 0 aromatic carbocycles. The van der Waals surface area contributed by atoms with Crippen molar-refractivity contribution in [2.24, 2.45) is 5.92 Å². The van der Waals surface area contributed by atoms with E-state index in [2.05, 4.69) is 0 Å². The highest BCUT2D eigenvalue weighted by atomic mass is 16.4. The Morgan fingerprint density at radius 1 is 1.39 bits per heavy atom. The van der Waals surface area contributed by atoms with Crippen molar-refractivity contribution in [1.29, 1.82) is 0 Å². The van der Waals surface area contributed by atoms with Gasteiger partial charge < -0.3 is 5.11 Å². The number of hydrogen-bond acceptors (Lipinski definition) is 4. The first-order valence-corrected chi connectivity index (χ1v) is 6.33. The molecular formula is C12H18N2O4. The number of amides is 2. The smallest absolute Gasteiger partial charge is 0.303 e. The van der Waals surface area contributed by atoms with Gasteiger partial charge >= 0.3 is 5.97 Å². The van der Waals surface area contributed by atoms with Gasteiger partial charge in [0.15, 0.2) is 0 Å². The number of carboxylic acids is 1.